The summed E-state index contributed by atoms with van der Waals surface area (Å²) in [5.41, 5.74) is 2.51. The van der Waals surface area contributed by atoms with Crippen LogP contribution in [0, 0.1) is 0 Å². The summed E-state index contributed by atoms with van der Waals surface area (Å²) in [4.78, 5) is 4.16. The fraction of sp³-hybridized carbons (Fsp3) is 0.385. The van der Waals surface area contributed by atoms with Crippen molar-refractivity contribution in [2.75, 3.05) is 0 Å². The second kappa shape index (κ2) is 4.42. The lowest BCUT2D eigenvalue weighted by Gasteiger charge is -2.18. The largest absolute Gasteiger partial charge is 0.508 e. The van der Waals surface area contributed by atoms with Crippen molar-refractivity contribution in [3.05, 3.63) is 41.5 Å². The van der Waals surface area contributed by atoms with Gasteiger partial charge in [-0.2, -0.15) is 5.10 Å². The Kier molecular flexibility index (Phi) is 2.76. The second-order valence-corrected chi connectivity index (χ2v) is 4.73. The molecule has 3 rings (SSSR count). The molecule has 2 unspecified atom stereocenters. The van der Waals surface area contributed by atoms with Gasteiger partial charge in [-0.3, -0.25) is 5.10 Å². The predicted octanol–water partition coefficient (Wildman–Crippen LogP) is 1.85. The van der Waals surface area contributed by atoms with Crippen LogP contribution in [0.2, 0.25) is 0 Å². The number of phenols is 1. The Hall–Kier alpha value is -1.88. The van der Waals surface area contributed by atoms with Crippen molar-refractivity contribution >= 4 is 0 Å². The van der Waals surface area contributed by atoms with Crippen LogP contribution in [0.25, 0.3) is 0 Å². The van der Waals surface area contributed by atoms with E-state index in [0.717, 1.165) is 18.7 Å². The smallest absolute Gasteiger partial charge is 0.141 e. The Morgan fingerprint density at radius 1 is 1.50 bits per heavy atom. The molecular weight excluding hydrogens is 228 g/mol. The molecule has 0 bridgehead atoms. The normalized spacial score (nSPS) is 19.7. The average molecular weight is 244 g/mol. The molecule has 2 atom stereocenters. The van der Waals surface area contributed by atoms with Crippen LogP contribution in [0.5, 0.6) is 5.75 Å². The molecule has 1 aliphatic rings. The van der Waals surface area contributed by atoms with Gasteiger partial charge in [0, 0.05) is 6.04 Å². The number of aromatic nitrogens is 3. The molecule has 0 aliphatic heterocycles. The highest BCUT2D eigenvalue weighted by Crippen LogP contribution is 2.34. The van der Waals surface area contributed by atoms with Crippen LogP contribution >= 0.6 is 0 Å². The van der Waals surface area contributed by atoms with E-state index in [-0.39, 0.29) is 6.04 Å². The quantitative estimate of drug-likeness (QED) is 0.770. The van der Waals surface area contributed by atoms with Crippen molar-refractivity contribution in [1.29, 1.82) is 0 Å². The molecule has 1 heterocycles. The SMILES string of the molecule is CC(NC1CCc2cc(O)ccc21)c1ncn[nH]1. The molecule has 0 saturated heterocycles. The lowest BCUT2D eigenvalue weighted by molar-refractivity contribution is 0.450. The summed E-state index contributed by atoms with van der Waals surface area (Å²) in [5.74, 6) is 1.19. The minimum atomic E-state index is 0.136. The van der Waals surface area contributed by atoms with Crippen LogP contribution in [0.15, 0.2) is 24.5 Å². The second-order valence-electron chi connectivity index (χ2n) is 4.73. The molecule has 1 aromatic heterocycles. The van der Waals surface area contributed by atoms with E-state index in [2.05, 4.69) is 27.4 Å². The number of rotatable bonds is 3. The highest BCUT2D eigenvalue weighted by Gasteiger charge is 2.24. The van der Waals surface area contributed by atoms with Crippen LogP contribution in [0.4, 0.5) is 0 Å². The first kappa shape index (κ1) is 11.2. The lowest BCUT2D eigenvalue weighted by Crippen LogP contribution is -2.23. The number of phenolic OH excluding ortho intramolecular Hbond substituents is 1. The molecule has 0 fully saturated rings. The highest BCUT2D eigenvalue weighted by molar-refractivity contribution is 5.40. The Morgan fingerprint density at radius 2 is 2.39 bits per heavy atom. The molecule has 3 N–H and O–H groups in total. The fourth-order valence-electron chi connectivity index (χ4n) is 2.58. The van der Waals surface area contributed by atoms with Crippen molar-refractivity contribution in [3.8, 4) is 5.75 Å². The molecule has 5 nitrogen and oxygen atoms in total. The Balaban J connectivity index is 1.77. The first-order chi connectivity index (χ1) is 8.74. The number of aromatic amines is 1. The van der Waals surface area contributed by atoms with Crippen LogP contribution in [-0.4, -0.2) is 20.3 Å². The van der Waals surface area contributed by atoms with Gasteiger partial charge in [-0.25, -0.2) is 4.98 Å². The number of fused-ring (bicyclic) bond motifs is 1. The van der Waals surface area contributed by atoms with Crippen molar-refractivity contribution in [2.24, 2.45) is 0 Å². The fourth-order valence-corrected chi connectivity index (χ4v) is 2.58. The minimum absolute atomic E-state index is 0.136. The zero-order valence-electron chi connectivity index (χ0n) is 10.2. The van der Waals surface area contributed by atoms with E-state index in [1.54, 1.807) is 6.07 Å². The molecule has 0 saturated carbocycles. The van der Waals surface area contributed by atoms with Gasteiger partial charge < -0.3 is 10.4 Å². The molecule has 94 valence electrons. The number of aromatic hydroxyl groups is 1. The zero-order valence-corrected chi connectivity index (χ0v) is 10.2. The minimum Gasteiger partial charge on any atom is -0.508 e. The number of aryl methyl sites for hydroxylation is 1. The maximum atomic E-state index is 9.47. The highest BCUT2D eigenvalue weighted by atomic mass is 16.3. The molecule has 5 heteroatoms. The first-order valence-electron chi connectivity index (χ1n) is 6.17. The van der Waals surface area contributed by atoms with Crippen molar-refractivity contribution in [2.45, 2.75) is 31.8 Å². The Bertz CT molecular complexity index is 538. The standard InChI is InChI=1S/C13H16N4O/c1-8(13-14-7-15-17-13)16-12-5-2-9-6-10(18)3-4-11(9)12/h3-4,6-8,12,16,18H,2,5H2,1H3,(H,14,15,17). The van der Waals surface area contributed by atoms with E-state index in [9.17, 15) is 5.11 Å². The predicted molar refractivity (Wildman–Crippen MR) is 67.1 cm³/mol. The molecular formula is C13H16N4O. The van der Waals surface area contributed by atoms with Gasteiger partial charge in [-0.15, -0.1) is 0 Å². The average Bonchev–Trinajstić information content (AvgIpc) is 2.98. The summed E-state index contributed by atoms with van der Waals surface area (Å²) >= 11 is 0. The van der Waals surface area contributed by atoms with Gasteiger partial charge in [0.2, 0.25) is 0 Å². The van der Waals surface area contributed by atoms with E-state index in [1.807, 2.05) is 12.1 Å². The summed E-state index contributed by atoms with van der Waals surface area (Å²) in [6, 6.07) is 6.06. The van der Waals surface area contributed by atoms with Crippen LogP contribution in [-0.2, 0) is 6.42 Å². The van der Waals surface area contributed by atoms with E-state index in [1.165, 1.54) is 17.5 Å². The Labute approximate surface area is 105 Å². The summed E-state index contributed by atoms with van der Waals surface area (Å²) in [7, 11) is 0. The summed E-state index contributed by atoms with van der Waals surface area (Å²) < 4.78 is 0. The summed E-state index contributed by atoms with van der Waals surface area (Å²) in [5, 5.41) is 19.8. The number of H-pyrrole nitrogens is 1. The molecule has 1 aromatic carbocycles. The maximum Gasteiger partial charge on any atom is 0.141 e. The third-order valence-electron chi connectivity index (χ3n) is 3.50. The Morgan fingerprint density at radius 3 is 3.17 bits per heavy atom. The third kappa shape index (κ3) is 1.97. The summed E-state index contributed by atoms with van der Waals surface area (Å²) in [6.45, 7) is 2.07. The lowest BCUT2D eigenvalue weighted by atomic mass is 10.1. The van der Waals surface area contributed by atoms with Crippen molar-refractivity contribution in [3.63, 3.8) is 0 Å². The van der Waals surface area contributed by atoms with Gasteiger partial charge >= 0.3 is 0 Å². The molecule has 1 aliphatic carbocycles. The summed E-state index contributed by atoms with van der Waals surface area (Å²) in [6.07, 6.45) is 3.58. The molecule has 0 amide bonds. The number of nitrogens with zero attached hydrogens (tertiary/aromatic N) is 2. The van der Waals surface area contributed by atoms with Gasteiger partial charge in [0.15, 0.2) is 0 Å². The van der Waals surface area contributed by atoms with Gasteiger partial charge in [-0.05, 0) is 43.0 Å². The number of benzene rings is 1. The van der Waals surface area contributed by atoms with Crippen LogP contribution < -0.4 is 5.32 Å². The van der Waals surface area contributed by atoms with E-state index in [0.29, 0.717) is 11.8 Å². The molecule has 2 aromatic rings. The topological polar surface area (TPSA) is 73.8 Å². The maximum absolute atomic E-state index is 9.47. The third-order valence-corrected chi connectivity index (χ3v) is 3.50. The first-order valence-corrected chi connectivity index (χ1v) is 6.17. The van der Waals surface area contributed by atoms with E-state index >= 15 is 0 Å². The van der Waals surface area contributed by atoms with Crippen LogP contribution in [0.3, 0.4) is 0 Å². The number of hydrogen-bond donors (Lipinski definition) is 3. The number of hydrogen-bond acceptors (Lipinski definition) is 4. The van der Waals surface area contributed by atoms with E-state index < -0.39 is 0 Å². The van der Waals surface area contributed by atoms with E-state index in [4.69, 9.17) is 0 Å². The van der Waals surface area contributed by atoms with Gasteiger partial charge in [0.05, 0.1) is 6.04 Å². The van der Waals surface area contributed by atoms with Crippen molar-refractivity contribution in [1.82, 2.24) is 20.5 Å². The number of nitrogens with one attached hydrogen (secondary N) is 2. The van der Waals surface area contributed by atoms with Gasteiger partial charge in [0.25, 0.3) is 0 Å². The molecule has 18 heavy (non-hydrogen) atoms. The van der Waals surface area contributed by atoms with Gasteiger partial charge in [0.1, 0.15) is 17.9 Å². The van der Waals surface area contributed by atoms with Gasteiger partial charge in [-0.1, -0.05) is 6.07 Å². The molecule has 0 radical (unpaired) electrons. The zero-order chi connectivity index (χ0) is 12.5. The molecule has 0 spiro atoms. The van der Waals surface area contributed by atoms with Crippen LogP contribution in [0.1, 0.15) is 42.4 Å². The monoisotopic (exact) mass is 244 g/mol. The van der Waals surface area contributed by atoms with Crippen molar-refractivity contribution < 1.29 is 5.11 Å².